The number of carboxylic acid groups (broad SMARTS) is 1. The molecule has 4 nitrogen and oxygen atoms in total. The van der Waals surface area contributed by atoms with Gasteiger partial charge in [-0.25, -0.2) is 0 Å². The molecule has 1 N–H and O–H groups in total. The fourth-order valence-electron chi connectivity index (χ4n) is 9.47. The van der Waals surface area contributed by atoms with Gasteiger partial charge in [0.1, 0.15) is 5.60 Å². The van der Waals surface area contributed by atoms with Crippen LogP contribution in [0.25, 0.3) is 0 Å². The lowest BCUT2D eigenvalue weighted by molar-refractivity contribution is -0.163. The lowest BCUT2D eigenvalue weighted by Crippen LogP contribution is -2.35. The van der Waals surface area contributed by atoms with Gasteiger partial charge in [0.2, 0.25) is 0 Å². The van der Waals surface area contributed by atoms with Crippen LogP contribution in [-0.4, -0.2) is 22.6 Å². The highest BCUT2D eigenvalue weighted by atomic mass is 16.6. The molecule has 0 unspecified atom stereocenters. The van der Waals surface area contributed by atoms with Crippen LogP contribution in [0.4, 0.5) is 0 Å². The molecule has 0 radical (unpaired) electrons. The summed E-state index contributed by atoms with van der Waals surface area (Å²) in [6.07, 6.45) is 63.2. The van der Waals surface area contributed by atoms with Crippen molar-refractivity contribution >= 4 is 11.9 Å². The maximum Gasteiger partial charge on any atom is 0.306 e. The number of carbonyl (C=O) groups excluding carboxylic acids is 1. The number of aliphatic carboxylic acids is 1. The van der Waals surface area contributed by atoms with Crippen molar-refractivity contribution in [1.82, 2.24) is 0 Å². The average molecular weight is 847 g/mol. The van der Waals surface area contributed by atoms with Crippen LogP contribution in [0, 0.1) is 0 Å². The molecule has 0 atom stereocenters. The van der Waals surface area contributed by atoms with Crippen molar-refractivity contribution in [3.05, 3.63) is 0 Å². The number of carboxylic acids is 1. The maximum atomic E-state index is 13.4. The zero-order valence-corrected chi connectivity index (χ0v) is 41.5. The van der Waals surface area contributed by atoms with Crippen LogP contribution in [0.15, 0.2) is 0 Å². The van der Waals surface area contributed by atoms with Gasteiger partial charge in [-0.15, -0.1) is 0 Å². The van der Waals surface area contributed by atoms with Crippen LogP contribution >= 0.6 is 0 Å². The lowest BCUT2D eigenvalue weighted by atomic mass is 9.84. The Hall–Kier alpha value is -1.06. The van der Waals surface area contributed by atoms with Gasteiger partial charge in [-0.05, 0) is 51.4 Å². The molecule has 358 valence electrons. The van der Waals surface area contributed by atoms with Gasteiger partial charge in [0.25, 0.3) is 0 Å². The minimum absolute atomic E-state index is 0.0860. The van der Waals surface area contributed by atoms with Crippen LogP contribution in [0.5, 0.6) is 0 Å². The molecule has 0 spiro atoms. The van der Waals surface area contributed by atoms with E-state index in [4.69, 9.17) is 9.84 Å². The number of rotatable bonds is 52. The predicted molar refractivity (Wildman–Crippen MR) is 264 cm³/mol. The summed E-state index contributed by atoms with van der Waals surface area (Å²) in [4.78, 5) is 24.5. The molecular formula is C56H110O4. The number of hydrogen-bond donors (Lipinski definition) is 1. The largest absolute Gasteiger partial charge is 0.481 e. The second-order valence-corrected chi connectivity index (χ2v) is 19.7. The van der Waals surface area contributed by atoms with Crippen LogP contribution in [0.2, 0.25) is 0 Å². The summed E-state index contributed by atoms with van der Waals surface area (Å²) in [5.74, 6) is -0.862. The minimum Gasteiger partial charge on any atom is -0.481 e. The Morgan fingerprint density at radius 3 is 0.717 bits per heavy atom. The summed E-state index contributed by atoms with van der Waals surface area (Å²) in [7, 11) is 0. The van der Waals surface area contributed by atoms with Gasteiger partial charge in [-0.1, -0.05) is 278 Å². The third kappa shape index (κ3) is 45.0. The molecule has 0 aromatic carbocycles. The van der Waals surface area contributed by atoms with E-state index in [2.05, 4.69) is 20.8 Å². The van der Waals surface area contributed by atoms with E-state index in [1.54, 1.807) is 0 Å². The van der Waals surface area contributed by atoms with E-state index in [9.17, 15) is 9.59 Å². The molecule has 4 heteroatoms. The Kier molecular flexibility index (Phi) is 48.1. The van der Waals surface area contributed by atoms with Gasteiger partial charge in [-0.2, -0.15) is 0 Å². The van der Waals surface area contributed by atoms with Crippen molar-refractivity contribution in [3.8, 4) is 0 Å². The molecule has 0 aromatic rings. The molecule has 0 aliphatic carbocycles. The van der Waals surface area contributed by atoms with E-state index >= 15 is 0 Å². The highest BCUT2D eigenvalue weighted by Crippen LogP contribution is 2.34. The molecule has 0 saturated carbocycles. The molecule has 0 aromatic heterocycles. The van der Waals surface area contributed by atoms with E-state index in [1.807, 2.05) is 0 Å². The van der Waals surface area contributed by atoms with Crippen LogP contribution in [-0.2, 0) is 14.3 Å². The average Bonchev–Trinajstić information content (AvgIpc) is 3.24. The van der Waals surface area contributed by atoms with Crippen molar-refractivity contribution in [2.24, 2.45) is 0 Å². The summed E-state index contributed by atoms with van der Waals surface area (Å²) in [5, 5.41) is 9.12. The first kappa shape index (κ1) is 58.9. The Morgan fingerprint density at radius 2 is 0.500 bits per heavy atom. The maximum absolute atomic E-state index is 13.4. The van der Waals surface area contributed by atoms with Gasteiger partial charge in [0.05, 0.1) is 0 Å². The van der Waals surface area contributed by atoms with Crippen molar-refractivity contribution in [2.45, 2.75) is 347 Å². The number of hydrogen-bond acceptors (Lipinski definition) is 3. The van der Waals surface area contributed by atoms with E-state index in [0.29, 0.717) is 19.3 Å². The molecule has 0 aliphatic heterocycles. The lowest BCUT2D eigenvalue weighted by Gasteiger charge is -2.34. The van der Waals surface area contributed by atoms with Crippen molar-refractivity contribution in [2.75, 3.05) is 0 Å². The SMILES string of the molecule is CCCCCCCCCCCCCCCCCC(CCCCCCCCCCCCCCCC)(CCCCCCCCCCCCCCCC)OC(=O)CCCCC(=O)O. The van der Waals surface area contributed by atoms with Crippen molar-refractivity contribution in [1.29, 1.82) is 0 Å². The second kappa shape index (κ2) is 49.0. The van der Waals surface area contributed by atoms with Crippen molar-refractivity contribution in [3.63, 3.8) is 0 Å². The van der Waals surface area contributed by atoms with Crippen LogP contribution < -0.4 is 0 Å². The van der Waals surface area contributed by atoms with Gasteiger partial charge in [-0.3, -0.25) is 9.59 Å². The predicted octanol–water partition coefficient (Wildman–Crippen LogP) is 19.9. The highest BCUT2D eigenvalue weighted by molar-refractivity contribution is 5.70. The molecule has 0 bridgehead atoms. The molecule has 60 heavy (non-hydrogen) atoms. The number of esters is 1. The van der Waals surface area contributed by atoms with Gasteiger partial charge >= 0.3 is 11.9 Å². The minimum atomic E-state index is -0.776. The van der Waals surface area contributed by atoms with Crippen LogP contribution in [0.3, 0.4) is 0 Å². The first-order chi connectivity index (χ1) is 29.5. The Bertz CT molecular complexity index is 822. The molecule has 0 fully saturated rings. The van der Waals surface area contributed by atoms with Crippen molar-refractivity contribution < 1.29 is 19.4 Å². The summed E-state index contributed by atoms with van der Waals surface area (Å²) in [6.45, 7) is 6.89. The van der Waals surface area contributed by atoms with E-state index in [1.165, 1.54) is 257 Å². The zero-order chi connectivity index (χ0) is 43.7. The summed E-state index contributed by atoms with van der Waals surface area (Å²) < 4.78 is 6.60. The molecule has 0 amide bonds. The Morgan fingerprint density at radius 1 is 0.300 bits per heavy atom. The molecule has 0 saturated heterocycles. The molecule has 0 rings (SSSR count). The quantitative estimate of drug-likeness (QED) is 0.0489. The van der Waals surface area contributed by atoms with E-state index in [0.717, 1.165) is 38.5 Å². The first-order valence-corrected chi connectivity index (χ1v) is 27.9. The Labute approximate surface area is 377 Å². The molecule has 0 aliphatic rings. The smallest absolute Gasteiger partial charge is 0.306 e. The summed E-state index contributed by atoms with van der Waals surface area (Å²) in [5.41, 5.74) is -0.339. The standard InChI is InChI=1S/C56H110O4/c1-4-7-10-13-16-19-22-25-28-31-34-37-40-43-48-53-56(60-55(59)50-45-44-49-54(57)58,51-46-41-38-35-32-29-26-23-20-17-14-11-8-5-2)52-47-42-39-36-33-30-27-24-21-18-15-12-9-6-3/h4-53H2,1-3H3,(H,57,58). The van der Waals surface area contributed by atoms with Crippen LogP contribution in [0.1, 0.15) is 342 Å². The number of carbonyl (C=O) groups is 2. The third-order valence-electron chi connectivity index (χ3n) is 13.6. The fourth-order valence-corrected chi connectivity index (χ4v) is 9.47. The van der Waals surface area contributed by atoms with Gasteiger partial charge < -0.3 is 9.84 Å². The monoisotopic (exact) mass is 847 g/mol. The zero-order valence-electron chi connectivity index (χ0n) is 41.5. The topological polar surface area (TPSA) is 63.6 Å². The Balaban J connectivity index is 4.92. The van der Waals surface area contributed by atoms with Gasteiger partial charge in [0, 0.05) is 12.8 Å². The van der Waals surface area contributed by atoms with E-state index in [-0.39, 0.29) is 18.0 Å². The van der Waals surface area contributed by atoms with E-state index < -0.39 is 5.97 Å². The molecular weight excluding hydrogens is 737 g/mol. The second-order valence-electron chi connectivity index (χ2n) is 19.7. The summed E-state index contributed by atoms with van der Waals surface area (Å²) in [6, 6.07) is 0. The third-order valence-corrected chi connectivity index (χ3v) is 13.6. The molecule has 0 heterocycles. The number of unbranched alkanes of at least 4 members (excludes halogenated alkanes) is 41. The van der Waals surface area contributed by atoms with Gasteiger partial charge in [0.15, 0.2) is 0 Å². The first-order valence-electron chi connectivity index (χ1n) is 27.9. The fraction of sp³-hybridized carbons (Fsp3) is 0.964. The summed E-state index contributed by atoms with van der Waals surface area (Å²) >= 11 is 0. The normalized spacial score (nSPS) is 11.8. The highest BCUT2D eigenvalue weighted by Gasteiger charge is 2.33. The number of ether oxygens (including phenoxy) is 1.